The first-order chi connectivity index (χ1) is 29.0. The summed E-state index contributed by atoms with van der Waals surface area (Å²) in [5.41, 5.74) is 1.93. The lowest BCUT2D eigenvalue weighted by molar-refractivity contribution is 0.0569. The molecule has 18 heteroatoms. The second-order valence-corrected chi connectivity index (χ2v) is 21.6. The standard InChI is InChI=1S/C22H24FN3O3S2.C21H22FN3O3S2/c1-4-31(28,29)20-8-6-5-7-17(20)21(27)26-14(2)12-25(13-15(26)3)22-24-18-10-9-16(23)11-19(18)30-22;1-3-30(27,28)19-7-5-4-6-16(19)20(26)25-11-10-24(13-14(25)2)21-23-17-9-8-15(22)12-18(17)29-21/h5-11,14-15H,4,12-13H2,1-3H3;4-9,12,14H,3,10-11,13H2,1-2H3/t;14-/m.1/s1. The third-order valence-corrected chi connectivity index (χ3v) is 16.7. The van der Waals surface area contributed by atoms with E-state index >= 15 is 0 Å². The molecule has 8 rings (SSSR count). The number of fused-ring (bicyclic) bond motifs is 2. The van der Waals surface area contributed by atoms with E-state index in [0.29, 0.717) is 32.7 Å². The van der Waals surface area contributed by atoms with Crippen molar-refractivity contribution in [3.05, 3.63) is 108 Å². The highest BCUT2D eigenvalue weighted by molar-refractivity contribution is 7.91. The zero-order valence-corrected chi connectivity index (χ0v) is 37.6. The van der Waals surface area contributed by atoms with Gasteiger partial charge in [0.05, 0.1) is 52.9 Å². The largest absolute Gasteiger partial charge is 0.344 e. The number of carbonyl (C=O) groups excluding carboxylic acids is 2. The molecule has 0 N–H and O–H groups in total. The maximum atomic E-state index is 13.5. The molecule has 322 valence electrons. The topological polar surface area (TPSA) is 141 Å². The Morgan fingerprint density at radius 1 is 0.623 bits per heavy atom. The number of hydrogen-bond acceptors (Lipinski definition) is 12. The number of aromatic nitrogens is 2. The van der Waals surface area contributed by atoms with E-state index in [0.717, 1.165) is 30.7 Å². The number of nitrogens with zero attached hydrogens (tertiary/aromatic N) is 6. The van der Waals surface area contributed by atoms with E-state index in [-0.39, 0.29) is 74.0 Å². The Morgan fingerprint density at radius 2 is 1.07 bits per heavy atom. The van der Waals surface area contributed by atoms with Crippen LogP contribution in [0.2, 0.25) is 0 Å². The smallest absolute Gasteiger partial charge is 0.255 e. The zero-order chi connectivity index (χ0) is 43.8. The predicted octanol–water partition coefficient (Wildman–Crippen LogP) is 7.55. The minimum Gasteiger partial charge on any atom is -0.344 e. The first kappa shape index (κ1) is 44.0. The van der Waals surface area contributed by atoms with Crippen molar-refractivity contribution in [2.75, 3.05) is 54.0 Å². The summed E-state index contributed by atoms with van der Waals surface area (Å²) in [5.74, 6) is -1.25. The zero-order valence-electron chi connectivity index (χ0n) is 34.3. The van der Waals surface area contributed by atoms with E-state index in [9.17, 15) is 35.2 Å². The normalized spacial score (nSPS) is 18.6. The van der Waals surface area contributed by atoms with Crippen LogP contribution < -0.4 is 9.80 Å². The fourth-order valence-corrected chi connectivity index (χ4v) is 12.0. The molecule has 12 nitrogen and oxygen atoms in total. The van der Waals surface area contributed by atoms with Gasteiger partial charge in [0, 0.05) is 50.8 Å². The van der Waals surface area contributed by atoms with Crippen LogP contribution in [0.15, 0.2) is 94.7 Å². The van der Waals surface area contributed by atoms with Gasteiger partial charge in [0.25, 0.3) is 11.8 Å². The molecule has 0 saturated carbocycles. The maximum Gasteiger partial charge on any atom is 0.255 e. The lowest BCUT2D eigenvalue weighted by Gasteiger charge is -2.44. The van der Waals surface area contributed by atoms with E-state index in [1.54, 1.807) is 72.2 Å². The Labute approximate surface area is 362 Å². The number of piperazine rings is 2. The van der Waals surface area contributed by atoms with E-state index in [2.05, 4.69) is 19.8 Å². The van der Waals surface area contributed by atoms with Crippen LogP contribution in [0.25, 0.3) is 20.4 Å². The van der Waals surface area contributed by atoms with Crippen molar-refractivity contribution < 1.29 is 35.2 Å². The number of benzene rings is 4. The molecule has 0 radical (unpaired) electrons. The minimum absolute atomic E-state index is 0.0567. The highest BCUT2D eigenvalue weighted by atomic mass is 32.2. The van der Waals surface area contributed by atoms with Gasteiger partial charge >= 0.3 is 0 Å². The van der Waals surface area contributed by atoms with Crippen LogP contribution >= 0.6 is 22.7 Å². The number of sulfone groups is 2. The monoisotopic (exact) mass is 908 g/mol. The van der Waals surface area contributed by atoms with Crippen molar-refractivity contribution in [3.8, 4) is 0 Å². The summed E-state index contributed by atoms with van der Waals surface area (Å²) >= 11 is 2.86. The van der Waals surface area contributed by atoms with E-state index in [4.69, 9.17) is 0 Å². The molecule has 0 bridgehead atoms. The average Bonchev–Trinajstić information content (AvgIpc) is 3.87. The van der Waals surface area contributed by atoms with Crippen LogP contribution in [0.1, 0.15) is 55.3 Å². The first-order valence-corrected chi connectivity index (χ1v) is 24.8. The number of halogens is 2. The molecule has 2 saturated heterocycles. The van der Waals surface area contributed by atoms with Gasteiger partial charge < -0.3 is 19.6 Å². The summed E-state index contributed by atoms with van der Waals surface area (Å²) in [6.07, 6.45) is 0. The molecular formula is C43H46F2N6O6S4. The third kappa shape index (κ3) is 9.13. The van der Waals surface area contributed by atoms with Crippen LogP contribution in [-0.4, -0.2) is 111 Å². The second kappa shape index (κ2) is 17.7. The maximum absolute atomic E-state index is 13.5. The number of hydrogen-bond donors (Lipinski definition) is 0. The molecule has 2 aliphatic heterocycles. The summed E-state index contributed by atoms with van der Waals surface area (Å²) in [6.45, 7) is 11.7. The predicted molar refractivity (Wildman–Crippen MR) is 238 cm³/mol. The highest BCUT2D eigenvalue weighted by Crippen LogP contribution is 2.34. The molecule has 2 aliphatic rings. The molecule has 2 aromatic heterocycles. The molecular weight excluding hydrogens is 863 g/mol. The molecule has 2 fully saturated rings. The first-order valence-electron chi connectivity index (χ1n) is 19.9. The SMILES string of the molecule is CCS(=O)(=O)c1ccccc1C(=O)N1C(C)CN(c2nc3ccc(F)cc3s2)CC1C.CCS(=O)(=O)c1ccccc1C(=O)N1CCN(c2nc3ccc(F)cc3s2)C[C@H]1C. The molecule has 3 atom stereocenters. The van der Waals surface area contributed by atoms with Gasteiger partial charge in [-0.3, -0.25) is 9.59 Å². The van der Waals surface area contributed by atoms with Gasteiger partial charge in [0.1, 0.15) is 11.6 Å². The van der Waals surface area contributed by atoms with E-state index < -0.39 is 19.7 Å². The van der Waals surface area contributed by atoms with Crippen molar-refractivity contribution in [3.63, 3.8) is 0 Å². The molecule has 4 heterocycles. The quantitative estimate of drug-likeness (QED) is 0.150. The molecule has 61 heavy (non-hydrogen) atoms. The molecule has 2 unspecified atom stereocenters. The summed E-state index contributed by atoms with van der Waals surface area (Å²) in [7, 11) is -7.02. The van der Waals surface area contributed by atoms with Crippen LogP contribution in [0.5, 0.6) is 0 Å². The van der Waals surface area contributed by atoms with Crippen molar-refractivity contribution in [2.24, 2.45) is 0 Å². The molecule has 2 amide bonds. The van der Waals surface area contributed by atoms with Gasteiger partial charge in [0.2, 0.25) is 0 Å². The number of anilines is 2. The van der Waals surface area contributed by atoms with Crippen molar-refractivity contribution >= 4 is 84.9 Å². The van der Waals surface area contributed by atoms with Crippen LogP contribution in [0, 0.1) is 11.6 Å². The van der Waals surface area contributed by atoms with Gasteiger partial charge in [-0.05, 0) is 81.4 Å². The van der Waals surface area contributed by atoms with Gasteiger partial charge in [-0.1, -0.05) is 60.8 Å². The fourth-order valence-electron chi connectivity index (χ4n) is 7.79. The fraction of sp³-hybridized carbons (Fsp3) is 0.349. The lowest BCUT2D eigenvalue weighted by Crippen LogP contribution is -2.58. The summed E-state index contributed by atoms with van der Waals surface area (Å²) in [6, 6.07) is 21.4. The van der Waals surface area contributed by atoms with Gasteiger partial charge in [0.15, 0.2) is 29.9 Å². The van der Waals surface area contributed by atoms with Crippen molar-refractivity contribution in [1.82, 2.24) is 19.8 Å². The Bertz CT molecular complexity index is 2820. The van der Waals surface area contributed by atoms with Crippen LogP contribution in [0.4, 0.5) is 19.0 Å². The van der Waals surface area contributed by atoms with Gasteiger partial charge in [-0.2, -0.15) is 0 Å². The van der Waals surface area contributed by atoms with E-state index in [1.165, 1.54) is 59.1 Å². The van der Waals surface area contributed by atoms with Crippen LogP contribution in [-0.2, 0) is 19.7 Å². The Kier molecular flexibility index (Phi) is 12.8. The van der Waals surface area contributed by atoms with E-state index in [1.807, 2.05) is 20.8 Å². The summed E-state index contributed by atoms with van der Waals surface area (Å²) < 4.78 is 78.4. The van der Waals surface area contributed by atoms with Gasteiger partial charge in [-0.25, -0.2) is 35.6 Å². The van der Waals surface area contributed by atoms with Crippen molar-refractivity contribution in [1.29, 1.82) is 0 Å². The lowest BCUT2D eigenvalue weighted by atomic mass is 10.1. The molecule has 0 aliphatic carbocycles. The average molecular weight is 909 g/mol. The Hall–Kier alpha value is -5.04. The molecule has 0 spiro atoms. The number of rotatable bonds is 8. The third-order valence-electron chi connectivity index (χ3n) is 10.9. The van der Waals surface area contributed by atoms with Crippen LogP contribution in [0.3, 0.4) is 0 Å². The Balaban J connectivity index is 0.000000184. The number of amides is 2. The van der Waals surface area contributed by atoms with Crippen molar-refractivity contribution in [2.45, 2.75) is 62.5 Å². The molecule has 4 aromatic carbocycles. The highest BCUT2D eigenvalue weighted by Gasteiger charge is 2.37. The Morgan fingerprint density at radius 3 is 1.54 bits per heavy atom. The summed E-state index contributed by atoms with van der Waals surface area (Å²) in [5, 5.41) is 1.59. The summed E-state index contributed by atoms with van der Waals surface area (Å²) in [4.78, 5) is 43.7. The number of carbonyl (C=O) groups is 2. The molecule has 6 aromatic rings. The minimum atomic E-state index is -3.52. The second-order valence-electron chi connectivity index (χ2n) is 15.1. The number of thiazole rings is 2. The van der Waals surface area contributed by atoms with Gasteiger partial charge in [-0.15, -0.1) is 0 Å².